The second-order valence-corrected chi connectivity index (χ2v) is 7.42. The van der Waals surface area contributed by atoms with Crippen LogP contribution < -0.4 is 10.2 Å². The van der Waals surface area contributed by atoms with Gasteiger partial charge in [0.1, 0.15) is 24.0 Å². The predicted octanol–water partition coefficient (Wildman–Crippen LogP) is 3.48. The van der Waals surface area contributed by atoms with Crippen LogP contribution in [0.15, 0.2) is 70.0 Å². The van der Waals surface area contributed by atoms with Crippen molar-refractivity contribution in [3.8, 4) is 17.6 Å². The maximum absolute atomic E-state index is 13.6. The van der Waals surface area contributed by atoms with E-state index < -0.39 is 35.4 Å². The number of ketones is 1. The third-order valence-electron chi connectivity index (χ3n) is 5.50. The minimum atomic E-state index is -1.36. The number of fused-ring (bicyclic) bond motifs is 1. The van der Waals surface area contributed by atoms with Gasteiger partial charge in [0.25, 0.3) is 0 Å². The van der Waals surface area contributed by atoms with E-state index in [1.807, 2.05) is 18.2 Å². The number of Topliss-reactive ketones (excluding diaryl/α,β-unsaturated/α-hetero) is 1. The van der Waals surface area contributed by atoms with Gasteiger partial charge < -0.3 is 24.4 Å². The molecular weight excluding hydrogens is 424 g/mol. The Morgan fingerprint density at radius 3 is 2.73 bits per heavy atom. The third kappa shape index (κ3) is 3.97. The lowest BCUT2D eigenvalue weighted by molar-refractivity contribution is 0.0935. The highest BCUT2D eigenvalue weighted by atomic mass is 16.5. The fourth-order valence-electron chi connectivity index (χ4n) is 3.90. The van der Waals surface area contributed by atoms with Gasteiger partial charge in [-0.3, -0.25) is 9.59 Å². The first-order valence-electron chi connectivity index (χ1n) is 10.1. The van der Waals surface area contributed by atoms with Gasteiger partial charge in [0, 0.05) is 28.7 Å². The summed E-state index contributed by atoms with van der Waals surface area (Å²) in [6.07, 6.45) is 1.53. The number of aromatic nitrogens is 1. The maximum Gasteiger partial charge on any atom is 0.227 e. The van der Waals surface area contributed by atoms with Gasteiger partial charge in [0.15, 0.2) is 11.5 Å². The van der Waals surface area contributed by atoms with Gasteiger partial charge in [-0.1, -0.05) is 30.3 Å². The number of H-pyrrole nitrogens is 1. The number of aromatic amines is 1. The lowest BCUT2D eigenvalue weighted by Gasteiger charge is -2.22. The molecule has 0 saturated heterocycles. The summed E-state index contributed by atoms with van der Waals surface area (Å²) in [5.74, 6) is -3.68. The van der Waals surface area contributed by atoms with Gasteiger partial charge in [0.2, 0.25) is 11.2 Å². The summed E-state index contributed by atoms with van der Waals surface area (Å²) in [5.41, 5.74) is 0.657. The standard InChI is InChI=1S/C25H20N2O6/c1-32-15-6-4-5-14(9-15)22(25-24(31)21(29)10-16(13-28)33-25)18(11-26)23(30)19-12-27-20-8-3-2-7-17(19)20/h2-10,12,18,22,27-28,31H,13H2,1H3. The number of aliphatic hydroxyl groups excluding tert-OH is 1. The molecule has 0 aliphatic heterocycles. The monoisotopic (exact) mass is 444 g/mol. The molecule has 8 heteroatoms. The Balaban J connectivity index is 1.94. The smallest absolute Gasteiger partial charge is 0.227 e. The quantitative estimate of drug-likeness (QED) is 0.371. The zero-order valence-electron chi connectivity index (χ0n) is 17.6. The Morgan fingerprint density at radius 1 is 1.21 bits per heavy atom. The highest BCUT2D eigenvalue weighted by Gasteiger charge is 2.37. The number of rotatable bonds is 7. The number of nitriles is 1. The summed E-state index contributed by atoms with van der Waals surface area (Å²) >= 11 is 0. The second-order valence-electron chi connectivity index (χ2n) is 7.42. The average molecular weight is 444 g/mol. The summed E-state index contributed by atoms with van der Waals surface area (Å²) < 4.78 is 10.9. The number of aliphatic hydroxyl groups is 1. The number of hydrogen-bond acceptors (Lipinski definition) is 7. The first kappa shape index (κ1) is 21.9. The molecule has 0 radical (unpaired) electrons. The van der Waals surface area contributed by atoms with E-state index in [1.165, 1.54) is 13.3 Å². The van der Waals surface area contributed by atoms with Crippen LogP contribution in [0.5, 0.6) is 11.5 Å². The van der Waals surface area contributed by atoms with Gasteiger partial charge >= 0.3 is 0 Å². The minimum Gasteiger partial charge on any atom is -0.502 e. The summed E-state index contributed by atoms with van der Waals surface area (Å²) in [6.45, 7) is -0.596. The van der Waals surface area contributed by atoms with Crippen molar-refractivity contribution in [3.63, 3.8) is 0 Å². The fourth-order valence-corrected chi connectivity index (χ4v) is 3.90. The summed E-state index contributed by atoms with van der Waals surface area (Å²) in [7, 11) is 1.47. The van der Waals surface area contributed by atoms with Crippen LogP contribution >= 0.6 is 0 Å². The number of nitrogens with one attached hydrogen (secondary N) is 1. The molecule has 4 aromatic rings. The number of methoxy groups -OCH3 is 1. The molecule has 2 atom stereocenters. The zero-order valence-corrected chi connectivity index (χ0v) is 17.6. The number of benzene rings is 2. The Morgan fingerprint density at radius 2 is 2.00 bits per heavy atom. The topological polar surface area (TPSA) is 137 Å². The Hall–Kier alpha value is -4.35. The number of para-hydroxylation sites is 1. The fraction of sp³-hybridized carbons (Fsp3) is 0.160. The molecule has 2 heterocycles. The van der Waals surface area contributed by atoms with E-state index >= 15 is 0 Å². The summed E-state index contributed by atoms with van der Waals surface area (Å²) in [5, 5.41) is 30.8. The number of aromatic hydroxyl groups is 1. The molecule has 0 spiro atoms. The first-order chi connectivity index (χ1) is 16.0. The molecule has 2 aromatic carbocycles. The highest BCUT2D eigenvalue weighted by Crippen LogP contribution is 2.39. The maximum atomic E-state index is 13.6. The number of carbonyl (C=O) groups excluding carboxylic acids is 1. The van der Waals surface area contributed by atoms with Gasteiger partial charge in [-0.2, -0.15) is 5.26 Å². The van der Waals surface area contributed by atoms with E-state index in [0.29, 0.717) is 22.3 Å². The van der Waals surface area contributed by atoms with Crippen LogP contribution in [0, 0.1) is 17.2 Å². The van der Waals surface area contributed by atoms with Crippen molar-refractivity contribution in [2.45, 2.75) is 12.5 Å². The van der Waals surface area contributed by atoms with Gasteiger partial charge in [-0.25, -0.2) is 0 Å². The van der Waals surface area contributed by atoms with Gasteiger partial charge in [-0.15, -0.1) is 0 Å². The highest BCUT2D eigenvalue weighted by molar-refractivity contribution is 6.10. The van der Waals surface area contributed by atoms with Crippen molar-refractivity contribution >= 4 is 16.7 Å². The third-order valence-corrected chi connectivity index (χ3v) is 5.50. The number of carbonyl (C=O) groups is 1. The molecule has 0 amide bonds. The summed E-state index contributed by atoms with van der Waals surface area (Å²) in [6, 6.07) is 16.8. The number of nitrogens with zero attached hydrogens (tertiary/aromatic N) is 1. The van der Waals surface area contributed by atoms with E-state index in [1.54, 1.807) is 36.4 Å². The SMILES string of the molecule is COc1cccc(C(c2oc(CO)cc(=O)c2O)C(C#N)C(=O)c2c[nH]c3ccccc23)c1. The number of ether oxygens (including phenoxy) is 1. The van der Waals surface area contributed by atoms with Crippen LogP contribution in [0.2, 0.25) is 0 Å². The average Bonchev–Trinajstić information content (AvgIpc) is 3.28. The van der Waals surface area contributed by atoms with Crippen molar-refractivity contribution < 1.29 is 24.2 Å². The second kappa shape index (κ2) is 9.02. The first-order valence-corrected chi connectivity index (χ1v) is 10.1. The lowest BCUT2D eigenvalue weighted by atomic mass is 9.80. The molecule has 2 unspecified atom stereocenters. The van der Waals surface area contributed by atoms with Crippen molar-refractivity contribution in [1.82, 2.24) is 4.98 Å². The minimum absolute atomic E-state index is 0.100. The number of hydrogen-bond donors (Lipinski definition) is 3. The summed E-state index contributed by atoms with van der Waals surface area (Å²) in [4.78, 5) is 29.0. The molecule has 4 rings (SSSR count). The molecule has 0 bridgehead atoms. The molecule has 166 valence electrons. The van der Waals surface area contributed by atoms with E-state index in [0.717, 1.165) is 11.6 Å². The van der Waals surface area contributed by atoms with Crippen LogP contribution in [0.25, 0.3) is 10.9 Å². The van der Waals surface area contributed by atoms with Crippen LogP contribution in [0.3, 0.4) is 0 Å². The molecule has 3 N–H and O–H groups in total. The van der Waals surface area contributed by atoms with Crippen molar-refractivity contribution in [3.05, 3.63) is 93.7 Å². The van der Waals surface area contributed by atoms with Crippen LogP contribution in [-0.2, 0) is 6.61 Å². The van der Waals surface area contributed by atoms with Crippen molar-refractivity contribution in [1.29, 1.82) is 5.26 Å². The molecule has 0 aliphatic carbocycles. The van der Waals surface area contributed by atoms with E-state index in [9.17, 15) is 25.1 Å². The molecule has 0 aliphatic rings. The Labute approximate surface area is 188 Å². The van der Waals surface area contributed by atoms with E-state index in [-0.39, 0.29) is 11.5 Å². The molecule has 8 nitrogen and oxygen atoms in total. The van der Waals surface area contributed by atoms with E-state index in [4.69, 9.17) is 9.15 Å². The van der Waals surface area contributed by atoms with Gasteiger partial charge in [0.05, 0.1) is 19.1 Å². The van der Waals surface area contributed by atoms with Crippen LogP contribution in [0.4, 0.5) is 0 Å². The van der Waals surface area contributed by atoms with E-state index in [2.05, 4.69) is 4.98 Å². The molecule has 0 saturated carbocycles. The predicted molar refractivity (Wildman–Crippen MR) is 119 cm³/mol. The Kier molecular flexibility index (Phi) is 5.98. The molecule has 33 heavy (non-hydrogen) atoms. The molecule has 0 fully saturated rings. The molecular formula is C25H20N2O6. The Bertz CT molecular complexity index is 1430. The zero-order chi connectivity index (χ0) is 23.5. The molecule has 2 aromatic heterocycles. The van der Waals surface area contributed by atoms with Gasteiger partial charge in [-0.05, 0) is 23.8 Å². The largest absolute Gasteiger partial charge is 0.502 e. The van der Waals surface area contributed by atoms with Crippen molar-refractivity contribution in [2.24, 2.45) is 5.92 Å². The van der Waals surface area contributed by atoms with Crippen molar-refractivity contribution in [2.75, 3.05) is 7.11 Å². The lowest BCUT2D eigenvalue weighted by Crippen LogP contribution is -2.24. The van der Waals surface area contributed by atoms with Crippen LogP contribution in [0.1, 0.15) is 33.4 Å². The normalized spacial score (nSPS) is 12.8. The van der Waals surface area contributed by atoms with Crippen LogP contribution in [-0.4, -0.2) is 28.1 Å².